The number of aromatic nitrogens is 1. The first-order valence-corrected chi connectivity index (χ1v) is 8.17. The molecule has 0 bridgehead atoms. The highest BCUT2D eigenvalue weighted by atomic mass is 32.1. The number of nitrogens with zero attached hydrogens (tertiary/aromatic N) is 1. The second-order valence-electron chi connectivity index (χ2n) is 4.85. The lowest BCUT2D eigenvalue weighted by Gasteiger charge is -2.02. The number of rotatable bonds is 5. The number of nitrogens with two attached hydrogens (primary N) is 1. The van der Waals surface area contributed by atoms with Crippen molar-refractivity contribution in [2.24, 2.45) is 5.73 Å². The molecule has 0 aliphatic rings. The highest BCUT2D eigenvalue weighted by molar-refractivity contribution is 7.24. The van der Waals surface area contributed by atoms with E-state index in [2.05, 4.69) is 15.6 Å². The Hall–Kier alpha value is -1.81. The normalized spacial score (nSPS) is 12.4. The van der Waals surface area contributed by atoms with Gasteiger partial charge in [0.25, 0.3) is 0 Å². The molecule has 0 radical (unpaired) electrons. The number of fused-ring (bicyclic) bond motifs is 1. The number of furan rings is 1. The summed E-state index contributed by atoms with van der Waals surface area (Å²) in [6.07, 6.45) is 8.09. The Balaban J connectivity index is 1.90. The van der Waals surface area contributed by atoms with Gasteiger partial charge in [-0.2, -0.15) is 4.37 Å². The van der Waals surface area contributed by atoms with Crippen LogP contribution < -0.4 is 11.1 Å². The van der Waals surface area contributed by atoms with Crippen LogP contribution in [0.2, 0.25) is 0 Å². The minimum atomic E-state index is 0.0862. The molecule has 0 amide bonds. The van der Waals surface area contributed by atoms with Gasteiger partial charge in [-0.25, -0.2) is 0 Å². The first-order chi connectivity index (χ1) is 10.2. The second kappa shape index (κ2) is 5.90. The van der Waals surface area contributed by atoms with E-state index >= 15 is 0 Å². The van der Waals surface area contributed by atoms with Gasteiger partial charge in [-0.3, -0.25) is 0 Å². The molecule has 0 saturated heterocycles. The zero-order valence-corrected chi connectivity index (χ0v) is 13.2. The molecule has 3 heterocycles. The van der Waals surface area contributed by atoms with Gasteiger partial charge in [0.1, 0.15) is 16.3 Å². The molecule has 0 aromatic carbocycles. The zero-order valence-electron chi connectivity index (χ0n) is 11.6. The third kappa shape index (κ3) is 2.81. The maximum Gasteiger partial charge on any atom is 0.127 e. The third-order valence-electron chi connectivity index (χ3n) is 3.05. The van der Waals surface area contributed by atoms with Crippen LogP contribution in [0.4, 0.5) is 5.00 Å². The number of hydrogen-bond donors (Lipinski definition) is 2. The van der Waals surface area contributed by atoms with E-state index in [4.69, 9.17) is 16.6 Å². The first-order valence-electron chi connectivity index (χ1n) is 6.58. The topological polar surface area (TPSA) is 64.1 Å². The molecule has 0 aliphatic carbocycles. The van der Waals surface area contributed by atoms with Crippen LogP contribution in [-0.2, 0) is 13.0 Å². The van der Waals surface area contributed by atoms with Crippen LogP contribution in [0.25, 0.3) is 10.2 Å². The molecule has 0 saturated carbocycles. The predicted octanol–water partition coefficient (Wildman–Crippen LogP) is 3.43. The largest absolute Gasteiger partial charge is 0.467 e. The van der Waals surface area contributed by atoms with Gasteiger partial charge in [-0.15, -0.1) is 17.8 Å². The molecule has 3 aromatic rings. The maximum atomic E-state index is 5.89. The van der Waals surface area contributed by atoms with Crippen molar-refractivity contribution in [1.82, 2.24) is 4.37 Å². The molecular weight excluding hydrogens is 302 g/mol. The van der Waals surface area contributed by atoms with E-state index < -0.39 is 0 Å². The fourth-order valence-corrected chi connectivity index (χ4v) is 4.36. The van der Waals surface area contributed by atoms with E-state index in [1.165, 1.54) is 11.5 Å². The monoisotopic (exact) mass is 317 g/mol. The number of anilines is 1. The fourth-order valence-electron chi connectivity index (χ4n) is 2.12. The summed E-state index contributed by atoms with van der Waals surface area (Å²) in [6, 6.07) is 3.90. The fraction of sp³-hybridized carbons (Fsp3) is 0.267. The average Bonchev–Trinajstić information content (AvgIpc) is 3.12. The predicted molar refractivity (Wildman–Crippen MR) is 88.8 cm³/mol. The first kappa shape index (κ1) is 14.1. The molecule has 21 heavy (non-hydrogen) atoms. The van der Waals surface area contributed by atoms with Crippen LogP contribution in [0, 0.1) is 12.3 Å². The number of thiophene rings is 1. The SMILES string of the molecule is C#Cc1c(C[C@H](C)N)sc2c(NCc3ccco3)snc12. The van der Waals surface area contributed by atoms with Gasteiger partial charge in [0, 0.05) is 10.9 Å². The molecule has 0 unspecified atom stereocenters. The third-order valence-corrected chi connectivity index (χ3v) is 5.20. The Labute approximate surface area is 131 Å². The van der Waals surface area contributed by atoms with E-state index in [0.29, 0.717) is 6.54 Å². The minimum Gasteiger partial charge on any atom is -0.467 e. The van der Waals surface area contributed by atoms with Crippen LogP contribution in [0.15, 0.2) is 22.8 Å². The van der Waals surface area contributed by atoms with Crippen molar-refractivity contribution in [2.45, 2.75) is 25.9 Å². The summed E-state index contributed by atoms with van der Waals surface area (Å²) in [5.41, 5.74) is 7.68. The number of hydrogen-bond acceptors (Lipinski definition) is 6. The molecule has 0 aliphatic heterocycles. The van der Waals surface area contributed by atoms with Crippen LogP contribution >= 0.6 is 22.9 Å². The van der Waals surface area contributed by atoms with Gasteiger partial charge in [0.2, 0.25) is 0 Å². The smallest absolute Gasteiger partial charge is 0.127 e. The molecule has 1 atom stereocenters. The zero-order chi connectivity index (χ0) is 14.8. The van der Waals surface area contributed by atoms with Crippen LogP contribution in [0.3, 0.4) is 0 Å². The number of terminal acetylenes is 1. The Bertz CT molecular complexity index is 778. The Kier molecular flexibility index (Phi) is 3.97. The lowest BCUT2D eigenvalue weighted by molar-refractivity contribution is 0.518. The van der Waals surface area contributed by atoms with Crippen molar-refractivity contribution < 1.29 is 4.42 Å². The highest BCUT2D eigenvalue weighted by Crippen LogP contribution is 2.39. The summed E-state index contributed by atoms with van der Waals surface area (Å²) in [4.78, 5) is 1.14. The van der Waals surface area contributed by atoms with Gasteiger partial charge in [0.05, 0.1) is 23.1 Å². The molecule has 108 valence electrons. The summed E-state index contributed by atoms with van der Waals surface area (Å²) in [5, 5.41) is 4.39. The molecule has 3 aromatic heterocycles. The van der Waals surface area contributed by atoms with Crippen molar-refractivity contribution in [1.29, 1.82) is 0 Å². The molecular formula is C15H15N3OS2. The summed E-state index contributed by atoms with van der Waals surface area (Å²) in [5.74, 6) is 3.65. The highest BCUT2D eigenvalue weighted by Gasteiger charge is 2.18. The second-order valence-corrected chi connectivity index (χ2v) is 6.73. The molecule has 6 heteroatoms. The molecule has 3 rings (SSSR count). The Morgan fingerprint density at radius 3 is 3.10 bits per heavy atom. The van der Waals surface area contributed by atoms with Crippen molar-refractivity contribution in [2.75, 3.05) is 5.32 Å². The summed E-state index contributed by atoms with van der Waals surface area (Å²) in [6.45, 7) is 2.62. The van der Waals surface area contributed by atoms with Gasteiger partial charge in [-0.05, 0) is 37.0 Å². The van der Waals surface area contributed by atoms with Crippen LogP contribution in [-0.4, -0.2) is 10.4 Å². The van der Waals surface area contributed by atoms with Crippen molar-refractivity contribution >= 4 is 38.1 Å². The van der Waals surface area contributed by atoms with Crippen molar-refractivity contribution in [3.8, 4) is 12.3 Å². The summed E-state index contributed by atoms with van der Waals surface area (Å²) >= 11 is 3.11. The van der Waals surface area contributed by atoms with E-state index in [-0.39, 0.29) is 6.04 Å². The van der Waals surface area contributed by atoms with E-state index in [1.54, 1.807) is 17.6 Å². The maximum absolute atomic E-state index is 5.89. The molecule has 4 nitrogen and oxygen atoms in total. The number of nitrogens with one attached hydrogen (secondary N) is 1. The molecule has 0 fully saturated rings. The Morgan fingerprint density at radius 2 is 2.43 bits per heavy atom. The van der Waals surface area contributed by atoms with Gasteiger partial charge in [0.15, 0.2) is 0 Å². The quantitative estimate of drug-likeness (QED) is 0.708. The minimum absolute atomic E-state index is 0.0862. The van der Waals surface area contributed by atoms with E-state index in [9.17, 15) is 0 Å². The Morgan fingerprint density at radius 1 is 1.57 bits per heavy atom. The van der Waals surface area contributed by atoms with Crippen molar-refractivity contribution in [3.05, 3.63) is 34.6 Å². The van der Waals surface area contributed by atoms with Gasteiger partial charge in [-0.1, -0.05) is 5.92 Å². The van der Waals surface area contributed by atoms with Gasteiger partial charge >= 0.3 is 0 Å². The summed E-state index contributed by atoms with van der Waals surface area (Å²) in [7, 11) is 0. The van der Waals surface area contributed by atoms with Gasteiger partial charge < -0.3 is 15.5 Å². The summed E-state index contributed by atoms with van der Waals surface area (Å²) < 4.78 is 10.9. The van der Waals surface area contributed by atoms with E-state index in [0.717, 1.165) is 37.8 Å². The van der Waals surface area contributed by atoms with Crippen molar-refractivity contribution in [3.63, 3.8) is 0 Å². The molecule has 0 spiro atoms. The molecule has 3 N–H and O–H groups in total. The van der Waals surface area contributed by atoms with Crippen LogP contribution in [0.5, 0.6) is 0 Å². The standard InChI is InChI=1S/C15H15N3OS2/c1-3-11-12(7-9(2)16)20-14-13(11)18-21-15(14)17-8-10-5-4-6-19-10/h1,4-6,9,17H,7-8,16H2,2H3/t9-/m0/s1. The van der Waals surface area contributed by atoms with Crippen LogP contribution in [0.1, 0.15) is 23.1 Å². The van der Waals surface area contributed by atoms with E-state index in [1.807, 2.05) is 19.1 Å². The average molecular weight is 317 g/mol. The lowest BCUT2D eigenvalue weighted by atomic mass is 10.1. The lowest BCUT2D eigenvalue weighted by Crippen LogP contribution is -2.17.